The Morgan fingerprint density at radius 2 is 1.87 bits per heavy atom. The van der Waals surface area contributed by atoms with Crippen molar-refractivity contribution < 1.29 is 4.79 Å². The lowest BCUT2D eigenvalue weighted by Gasteiger charge is -2.35. The molecule has 1 aliphatic rings. The number of carbonyl (C=O) groups is 1. The lowest BCUT2D eigenvalue weighted by atomic mass is 10.1. The summed E-state index contributed by atoms with van der Waals surface area (Å²) in [6.45, 7) is 7.98. The molecule has 3 heterocycles. The number of piperazine rings is 1. The van der Waals surface area contributed by atoms with Gasteiger partial charge < -0.3 is 10.2 Å². The van der Waals surface area contributed by atoms with Crippen LogP contribution in [-0.2, 0) is 0 Å². The first-order valence-electron chi connectivity index (χ1n) is 10.7. The van der Waals surface area contributed by atoms with Crippen molar-refractivity contribution in [1.29, 1.82) is 0 Å². The number of anilines is 1. The van der Waals surface area contributed by atoms with Gasteiger partial charge in [0.2, 0.25) is 0 Å². The van der Waals surface area contributed by atoms with Crippen molar-refractivity contribution in [2.24, 2.45) is 0 Å². The fraction of sp³-hybridized carbons (Fsp3) is 0.375. The van der Waals surface area contributed by atoms with Gasteiger partial charge in [-0.1, -0.05) is 12.1 Å². The molecule has 0 saturated carbocycles. The summed E-state index contributed by atoms with van der Waals surface area (Å²) in [5.74, 6) is 1.07. The quantitative estimate of drug-likeness (QED) is 0.569. The number of pyridine rings is 2. The van der Waals surface area contributed by atoms with Gasteiger partial charge >= 0.3 is 0 Å². The monoisotopic (exact) mass is 439 g/mol. The summed E-state index contributed by atoms with van der Waals surface area (Å²) in [6, 6.07) is 15.7. The van der Waals surface area contributed by atoms with Crippen molar-refractivity contribution >= 4 is 35.0 Å². The van der Waals surface area contributed by atoms with Crippen LogP contribution in [0.2, 0.25) is 0 Å². The maximum absolute atomic E-state index is 12.4. The van der Waals surface area contributed by atoms with E-state index in [0.717, 1.165) is 68.0 Å². The van der Waals surface area contributed by atoms with Crippen LogP contribution < -0.4 is 10.2 Å². The van der Waals surface area contributed by atoms with Crippen LogP contribution in [0.5, 0.6) is 0 Å². The molecule has 0 atom stereocenters. The Bertz CT molecular complexity index is 1000. The van der Waals surface area contributed by atoms with Gasteiger partial charge in [-0.25, -0.2) is 4.98 Å². The summed E-state index contributed by atoms with van der Waals surface area (Å²) in [5.41, 5.74) is 2.67. The largest absolute Gasteiger partial charge is 0.354 e. The Balaban J connectivity index is 0.00000272. The molecule has 1 N–H and O–H groups in total. The first kappa shape index (κ1) is 23.0. The number of benzene rings is 1. The van der Waals surface area contributed by atoms with Gasteiger partial charge in [-0.3, -0.25) is 14.7 Å². The number of hydrogen-bond donors (Lipinski definition) is 1. The minimum atomic E-state index is -0.0139. The molecule has 0 spiro atoms. The highest BCUT2D eigenvalue weighted by atomic mass is 35.5. The Hall–Kier alpha value is -2.70. The third kappa shape index (κ3) is 6.15. The second kappa shape index (κ2) is 11.1. The molecule has 0 radical (unpaired) electrons. The molecule has 1 amide bonds. The summed E-state index contributed by atoms with van der Waals surface area (Å²) < 4.78 is 0. The fourth-order valence-corrected chi connectivity index (χ4v) is 3.89. The number of carbonyl (C=O) groups excluding carboxylic acids is 1. The minimum Gasteiger partial charge on any atom is -0.354 e. The number of aryl methyl sites for hydroxylation is 1. The van der Waals surface area contributed by atoms with Crippen LogP contribution in [0.15, 0.2) is 54.7 Å². The van der Waals surface area contributed by atoms with Gasteiger partial charge in [-0.15, -0.1) is 12.4 Å². The van der Waals surface area contributed by atoms with Gasteiger partial charge in [-0.2, -0.15) is 0 Å². The van der Waals surface area contributed by atoms with Crippen LogP contribution in [0, 0.1) is 6.92 Å². The maximum Gasteiger partial charge on any atom is 0.251 e. The van der Waals surface area contributed by atoms with Gasteiger partial charge in [-0.05, 0) is 62.7 Å². The van der Waals surface area contributed by atoms with E-state index in [-0.39, 0.29) is 18.3 Å². The molecule has 7 heteroatoms. The fourth-order valence-electron chi connectivity index (χ4n) is 3.89. The Morgan fingerprint density at radius 3 is 2.68 bits per heavy atom. The molecule has 1 fully saturated rings. The molecule has 0 unspecified atom stereocenters. The Morgan fingerprint density at radius 1 is 1.03 bits per heavy atom. The van der Waals surface area contributed by atoms with Crippen LogP contribution >= 0.6 is 12.4 Å². The van der Waals surface area contributed by atoms with E-state index in [0.29, 0.717) is 12.1 Å². The number of aromatic nitrogens is 2. The molecule has 1 saturated heterocycles. The zero-order valence-corrected chi connectivity index (χ0v) is 18.8. The second-order valence-electron chi connectivity index (χ2n) is 7.84. The van der Waals surface area contributed by atoms with Crippen LogP contribution in [0.4, 0.5) is 5.82 Å². The highest BCUT2D eigenvalue weighted by molar-refractivity contribution is 5.97. The third-order valence-electron chi connectivity index (χ3n) is 5.62. The van der Waals surface area contributed by atoms with Crippen molar-refractivity contribution in [2.75, 3.05) is 44.2 Å². The number of rotatable bonds is 7. The molecule has 164 valence electrons. The molecule has 0 aliphatic carbocycles. The molecule has 3 aromatic rings. The molecular formula is C24H30ClN5O. The van der Waals surface area contributed by atoms with E-state index in [1.54, 1.807) is 6.20 Å². The molecule has 0 bridgehead atoms. The summed E-state index contributed by atoms with van der Waals surface area (Å²) in [7, 11) is 0. The molecule has 1 aromatic carbocycles. The standard InChI is InChI=1S/C24H29N5O.ClH/c1-19-6-4-8-23(27-19)29-16-14-28(15-17-29)13-3-2-11-26-24(30)21-9-10-22-20(18-21)7-5-12-25-22;/h4-10,12,18H,2-3,11,13-17H2,1H3,(H,26,30);1H. The van der Waals surface area contributed by atoms with E-state index in [4.69, 9.17) is 0 Å². The number of hydrogen-bond acceptors (Lipinski definition) is 5. The van der Waals surface area contributed by atoms with E-state index in [1.165, 1.54) is 0 Å². The summed E-state index contributed by atoms with van der Waals surface area (Å²) in [6.07, 6.45) is 3.84. The number of fused-ring (bicyclic) bond motifs is 1. The normalized spacial score (nSPS) is 14.3. The highest BCUT2D eigenvalue weighted by Crippen LogP contribution is 2.15. The van der Waals surface area contributed by atoms with Crippen LogP contribution in [-0.4, -0.2) is 60.0 Å². The second-order valence-corrected chi connectivity index (χ2v) is 7.84. The number of nitrogens with one attached hydrogen (secondary N) is 1. The smallest absolute Gasteiger partial charge is 0.251 e. The topological polar surface area (TPSA) is 61.4 Å². The SMILES string of the molecule is Cc1cccc(N2CCN(CCCCNC(=O)c3ccc4ncccc4c3)CC2)n1.Cl. The van der Waals surface area contributed by atoms with E-state index >= 15 is 0 Å². The third-order valence-corrected chi connectivity index (χ3v) is 5.62. The number of unbranched alkanes of at least 4 members (excludes halogenated alkanes) is 1. The predicted molar refractivity (Wildman–Crippen MR) is 128 cm³/mol. The van der Waals surface area contributed by atoms with Crippen molar-refractivity contribution in [3.8, 4) is 0 Å². The number of halogens is 1. The average Bonchev–Trinajstić information content (AvgIpc) is 2.79. The van der Waals surface area contributed by atoms with E-state index in [1.807, 2.05) is 43.3 Å². The highest BCUT2D eigenvalue weighted by Gasteiger charge is 2.17. The Labute approximate surface area is 190 Å². The maximum atomic E-state index is 12.4. The van der Waals surface area contributed by atoms with Gasteiger partial charge in [0, 0.05) is 55.6 Å². The lowest BCUT2D eigenvalue weighted by Crippen LogP contribution is -2.47. The van der Waals surface area contributed by atoms with Gasteiger partial charge in [0.25, 0.3) is 5.91 Å². The van der Waals surface area contributed by atoms with Crippen LogP contribution in [0.25, 0.3) is 10.9 Å². The lowest BCUT2D eigenvalue weighted by molar-refractivity contribution is 0.0952. The van der Waals surface area contributed by atoms with Crippen LogP contribution in [0.3, 0.4) is 0 Å². The average molecular weight is 440 g/mol. The molecule has 6 nitrogen and oxygen atoms in total. The number of nitrogens with zero attached hydrogens (tertiary/aromatic N) is 4. The summed E-state index contributed by atoms with van der Waals surface area (Å²) >= 11 is 0. The van der Waals surface area contributed by atoms with Gasteiger partial charge in [0.05, 0.1) is 5.52 Å². The van der Waals surface area contributed by atoms with E-state index < -0.39 is 0 Å². The van der Waals surface area contributed by atoms with E-state index in [9.17, 15) is 4.79 Å². The van der Waals surface area contributed by atoms with Crippen LogP contribution in [0.1, 0.15) is 28.9 Å². The van der Waals surface area contributed by atoms with Crippen molar-refractivity contribution in [2.45, 2.75) is 19.8 Å². The Kier molecular flexibility index (Phi) is 8.20. The van der Waals surface area contributed by atoms with Crippen molar-refractivity contribution in [1.82, 2.24) is 20.2 Å². The van der Waals surface area contributed by atoms with E-state index in [2.05, 4.69) is 37.2 Å². The summed E-state index contributed by atoms with van der Waals surface area (Å²) in [5, 5.41) is 4.03. The predicted octanol–water partition coefficient (Wildman–Crippen LogP) is 3.69. The molecule has 4 rings (SSSR count). The molecule has 31 heavy (non-hydrogen) atoms. The van der Waals surface area contributed by atoms with Gasteiger partial charge in [0.15, 0.2) is 0 Å². The zero-order valence-electron chi connectivity index (χ0n) is 18.0. The van der Waals surface area contributed by atoms with Crippen molar-refractivity contribution in [3.05, 3.63) is 66.0 Å². The van der Waals surface area contributed by atoms with Crippen molar-refractivity contribution in [3.63, 3.8) is 0 Å². The first-order valence-corrected chi connectivity index (χ1v) is 10.7. The molecule has 1 aliphatic heterocycles. The number of amides is 1. The summed E-state index contributed by atoms with van der Waals surface area (Å²) in [4.78, 5) is 26.2. The molecule has 2 aromatic heterocycles. The first-order chi connectivity index (χ1) is 14.7. The van der Waals surface area contributed by atoms with Gasteiger partial charge in [0.1, 0.15) is 5.82 Å². The minimum absolute atomic E-state index is 0. The molecular weight excluding hydrogens is 410 g/mol. The zero-order chi connectivity index (χ0) is 20.8.